The van der Waals surface area contributed by atoms with Gasteiger partial charge in [-0.15, -0.1) is 0 Å². The first-order chi connectivity index (χ1) is 11.9. The molecule has 0 bridgehead atoms. The number of halogens is 1. The summed E-state index contributed by atoms with van der Waals surface area (Å²) in [5.74, 6) is -0.555. The van der Waals surface area contributed by atoms with E-state index in [1.54, 1.807) is 25.2 Å². The fraction of sp³-hybridized carbons (Fsp3) is 0.312. The molecule has 1 unspecified atom stereocenters. The van der Waals surface area contributed by atoms with Gasteiger partial charge in [0, 0.05) is 25.5 Å². The Morgan fingerprint density at radius 3 is 2.56 bits per heavy atom. The number of carbonyl (C=O) groups is 1. The SMILES string of the molecule is CN(C(=O)c1cnc(Nc2ccccc2F)nc1)C1CCS(=O)(=O)C1. The minimum atomic E-state index is -3.07. The summed E-state index contributed by atoms with van der Waals surface area (Å²) in [7, 11) is -1.50. The first-order valence-corrected chi connectivity index (χ1v) is 9.49. The molecule has 2 aromatic rings. The number of benzene rings is 1. The molecule has 1 aliphatic rings. The second-order valence-corrected chi connectivity index (χ2v) is 8.10. The molecule has 132 valence electrons. The van der Waals surface area contributed by atoms with Crippen molar-refractivity contribution in [3.8, 4) is 0 Å². The van der Waals surface area contributed by atoms with Crippen molar-refractivity contribution in [2.24, 2.45) is 0 Å². The normalized spacial score (nSPS) is 18.7. The van der Waals surface area contributed by atoms with Gasteiger partial charge in [0.25, 0.3) is 5.91 Å². The fourth-order valence-electron chi connectivity index (χ4n) is 2.64. The van der Waals surface area contributed by atoms with Crippen molar-refractivity contribution in [3.63, 3.8) is 0 Å². The first kappa shape index (κ1) is 17.3. The summed E-state index contributed by atoms with van der Waals surface area (Å²) < 4.78 is 36.7. The minimum absolute atomic E-state index is 0.0248. The smallest absolute Gasteiger partial charge is 0.257 e. The van der Waals surface area contributed by atoms with Gasteiger partial charge in [0.15, 0.2) is 9.84 Å². The zero-order chi connectivity index (χ0) is 18.0. The molecular weight excluding hydrogens is 347 g/mol. The largest absolute Gasteiger partial charge is 0.338 e. The monoisotopic (exact) mass is 364 g/mol. The number of rotatable bonds is 4. The van der Waals surface area contributed by atoms with Crippen molar-refractivity contribution < 1.29 is 17.6 Å². The predicted octanol–water partition coefficient (Wildman–Crippen LogP) is 1.62. The number of amides is 1. The van der Waals surface area contributed by atoms with E-state index in [9.17, 15) is 17.6 Å². The van der Waals surface area contributed by atoms with Crippen LogP contribution in [0.2, 0.25) is 0 Å². The van der Waals surface area contributed by atoms with Crippen LogP contribution in [-0.4, -0.2) is 53.8 Å². The summed E-state index contributed by atoms with van der Waals surface area (Å²) in [6.07, 6.45) is 3.09. The number of sulfone groups is 1. The number of carbonyl (C=O) groups excluding carboxylic acids is 1. The van der Waals surface area contributed by atoms with Crippen LogP contribution in [-0.2, 0) is 9.84 Å². The van der Waals surface area contributed by atoms with E-state index in [0.717, 1.165) is 0 Å². The van der Waals surface area contributed by atoms with Crippen LogP contribution in [0, 0.1) is 5.82 Å². The van der Waals surface area contributed by atoms with Crippen molar-refractivity contribution in [1.82, 2.24) is 14.9 Å². The maximum Gasteiger partial charge on any atom is 0.257 e. The van der Waals surface area contributed by atoms with Crippen molar-refractivity contribution in [2.75, 3.05) is 23.9 Å². The summed E-state index contributed by atoms with van der Waals surface area (Å²) in [5, 5.41) is 2.73. The summed E-state index contributed by atoms with van der Waals surface area (Å²) >= 11 is 0. The molecule has 25 heavy (non-hydrogen) atoms. The second-order valence-electron chi connectivity index (χ2n) is 5.87. The third kappa shape index (κ3) is 3.93. The van der Waals surface area contributed by atoms with Crippen molar-refractivity contribution in [1.29, 1.82) is 0 Å². The van der Waals surface area contributed by atoms with Crippen LogP contribution in [0.1, 0.15) is 16.8 Å². The molecule has 0 aliphatic carbocycles. The lowest BCUT2D eigenvalue weighted by atomic mass is 10.2. The maximum atomic E-state index is 13.6. The van der Waals surface area contributed by atoms with E-state index >= 15 is 0 Å². The van der Waals surface area contributed by atoms with Crippen LogP contribution in [0.15, 0.2) is 36.7 Å². The molecule has 1 aromatic carbocycles. The predicted molar refractivity (Wildman–Crippen MR) is 90.9 cm³/mol. The van der Waals surface area contributed by atoms with Gasteiger partial charge in [0.05, 0.1) is 22.8 Å². The highest BCUT2D eigenvalue weighted by molar-refractivity contribution is 7.91. The number of nitrogens with zero attached hydrogens (tertiary/aromatic N) is 3. The fourth-order valence-corrected chi connectivity index (χ4v) is 4.41. The summed E-state index contributed by atoms with van der Waals surface area (Å²) in [6.45, 7) is 0. The molecule has 2 heterocycles. The van der Waals surface area contributed by atoms with Crippen LogP contribution in [0.5, 0.6) is 0 Å². The zero-order valence-corrected chi connectivity index (χ0v) is 14.3. The first-order valence-electron chi connectivity index (χ1n) is 7.67. The summed E-state index contributed by atoms with van der Waals surface area (Å²) in [5.41, 5.74) is 0.473. The van der Waals surface area contributed by atoms with E-state index < -0.39 is 15.7 Å². The van der Waals surface area contributed by atoms with Crippen LogP contribution in [0.25, 0.3) is 0 Å². The van der Waals surface area contributed by atoms with E-state index in [0.29, 0.717) is 6.42 Å². The number of para-hydroxylation sites is 1. The number of hydrogen-bond acceptors (Lipinski definition) is 6. The molecule has 0 saturated carbocycles. The second kappa shape index (κ2) is 6.75. The van der Waals surface area contributed by atoms with Crippen LogP contribution < -0.4 is 5.32 Å². The standard InChI is InChI=1S/C16H17FN4O3S/c1-21(12-6-7-25(23,24)10-12)15(22)11-8-18-16(19-9-11)20-14-5-3-2-4-13(14)17/h2-5,8-9,12H,6-7,10H2,1H3,(H,18,19,20). The van der Waals surface area contributed by atoms with Gasteiger partial charge in [-0.3, -0.25) is 4.79 Å². The van der Waals surface area contributed by atoms with Gasteiger partial charge in [-0.25, -0.2) is 22.8 Å². The number of aromatic nitrogens is 2. The van der Waals surface area contributed by atoms with Crippen molar-refractivity contribution >= 4 is 27.4 Å². The third-order valence-corrected chi connectivity index (χ3v) is 5.85. The molecule has 9 heteroatoms. The Labute approximate surface area is 144 Å². The lowest BCUT2D eigenvalue weighted by Gasteiger charge is -2.23. The highest BCUT2D eigenvalue weighted by atomic mass is 32.2. The molecule has 1 aromatic heterocycles. The Balaban J connectivity index is 1.69. The molecule has 0 radical (unpaired) electrons. The van der Waals surface area contributed by atoms with E-state index in [2.05, 4.69) is 15.3 Å². The molecule has 1 saturated heterocycles. The van der Waals surface area contributed by atoms with Crippen molar-refractivity contribution in [3.05, 3.63) is 48.0 Å². The molecular formula is C16H17FN4O3S. The molecule has 1 fully saturated rings. The molecule has 1 N–H and O–H groups in total. The van der Waals surface area contributed by atoms with E-state index in [-0.39, 0.29) is 40.7 Å². The molecule has 0 spiro atoms. The van der Waals surface area contributed by atoms with Crippen LogP contribution >= 0.6 is 0 Å². The Morgan fingerprint density at radius 1 is 1.28 bits per heavy atom. The van der Waals surface area contributed by atoms with Gasteiger partial charge >= 0.3 is 0 Å². The van der Waals surface area contributed by atoms with E-state index in [1.165, 1.54) is 23.4 Å². The maximum absolute atomic E-state index is 13.6. The van der Waals surface area contributed by atoms with Gasteiger partial charge in [0.1, 0.15) is 5.82 Å². The quantitative estimate of drug-likeness (QED) is 0.886. The molecule has 1 atom stereocenters. The topological polar surface area (TPSA) is 92.3 Å². The number of nitrogens with one attached hydrogen (secondary N) is 1. The van der Waals surface area contributed by atoms with E-state index in [1.807, 2.05) is 0 Å². The molecule has 7 nitrogen and oxygen atoms in total. The van der Waals surface area contributed by atoms with Gasteiger partial charge in [-0.1, -0.05) is 12.1 Å². The lowest BCUT2D eigenvalue weighted by molar-refractivity contribution is 0.0747. The Morgan fingerprint density at radius 2 is 1.96 bits per heavy atom. The number of anilines is 2. The Bertz CT molecular complexity index is 887. The highest BCUT2D eigenvalue weighted by Crippen LogP contribution is 2.19. The third-order valence-electron chi connectivity index (χ3n) is 4.10. The van der Waals surface area contributed by atoms with Crippen LogP contribution in [0.4, 0.5) is 16.0 Å². The minimum Gasteiger partial charge on any atom is -0.338 e. The molecule has 1 aliphatic heterocycles. The van der Waals surface area contributed by atoms with Gasteiger partial charge < -0.3 is 10.2 Å². The summed E-state index contributed by atoms with van der Waals surface area (Å²) in [6, 6.07) is 5.77. The Kier molecular flexibility index (Phi) is 4.67. The van der Waals surface area contributed by atoms with Gasteiger partial charge in [-0.2, -0.15) is 0 Å². The average Bonchev–Trinajstić information content (AvgIpc) is 2.96. The lowest BCUT2D eigenvalue weighted by Crippen LogP contribution is -2.37. The molecule has 3 rings (SSSR count). The van der Waals surface area contributed by atoms with Gasteiger partial charge in [-0.05, 0) is 18.6 Å². The number of hydrogen-bond donors (Lipinski definition) is 1. The molecule has 1 amide bonds. The zero-order valence-electron chi connectivity index (χ0n) is 13.5. The average molecular weight is 364 g/mol. The summed E-state index contributed by atoms with van der Waals surface area (Å²) in [4.78, 5) is 21.9. The Hall–Kier alpha value is -2.55. The van der Waals surface area contributed by atoms with E-state index in [4.69, 9.17) is 0 Å². The van der Waals surface area contributed by atoms with Crippen molar-refractivity contribution in [2.45, 2.75) is 12.5 Å². The highest BCUT2D eigenvalue weighted by Gasteiger charge is 2.33. The van der Waals surface area contributed by atoms with Gasteiger partial charge in [0.2, 0.25) is 5.95 Å². The van der Waals surface area contributed by atoms with Crippen LogP contribution in [0.3, 0.4) is 0 Å².